The van der Waals surface area contributed by atoms with Crippen molar-refractivity contribution in [2.45, 2.75) is 19.1 Å². The number of imidazole rings is 1. The predicted molar refractivity (Wildman–Crippen MR) is 96.4 cm³/mol. The molecule has 2 N–H and O–H groups in total. The molecule has 10 heteroatoms. The molecule has 0 saturated heterocycles. The third kappa shape index (κ3) is 4.63. The summed E-state index contributed by atoms with van der Waals surface area (Å²) in [5.74, 6) is 0.779. The van der Waals surface area contributed by atoms with Crippen LogP contribution in [0, 0.1) is 6.08 Å². The second kappa shape index (κ2) is 8.84. The Hall–Kier alpha value is -2.35. The lowest BCUT2D eigenvalue weighted by Crippen LogP contribution is -2.19. The molecule has 8 nitrogen and oxygen atoms in total. The van der Waals surface area contributed by atoms with Gasteiger partial charge in [-0.2, -0.15) is 14.4 Å². The molecule has 0 aliphatic heterocycles. The largest absolute Gasteiger partial charge is 0.450 e. The molecule has 0 bridgehead atoms. The normalized spacial score (nSPS) is 12.8. The number of halogens is 1. The molecule has 0 fully saturated rings. The molecule has 138 valence electrons. The number of rotatable bonds is 9. The maximum atomic E-state index is 13.4. The monoisotopic (exact) mass is 379 g/mol. The third-order valence-corrected chi connectivity index (χ3v) is 4.32. The van der Waals surface area contributed by atoms with Gasteiger partial charge in [-0.25, -0.2) is 4.98 Å². The van der Waals surface area contributed by atoms with Gasteiger partial charge in [0.1, 0.15) is 11.3 Å². The molecule has 1 aromatic carbocycles. The first-order chi connectivity index (χ1) is 12.7. The zero-order valence-electron chi connectivity index (χ0n) is 14.1. The van der Waals surface area contributed by atoms with E-state index >= 15 is 0 Å². The minimum absolute atomic E-state index is 0.0251. The zero-order valence-corrected chi connectivity index (χ0v) is 15.1. The van der Waals surface area contributed by atoms with E-state index in [1.807, 2.05) is 30.3 Å². The number of nitrogens with two attached hydrogens (primary N) is 1. The van der Waals surface area contributed by atoms with Gasteiger partial charge in [0.05, 0.1) is 19.0 Å². The van der Waals surface area contributed by atoms with Crippen LogP contribution in [0.15, 0.2) is 36.7 Å². The van der Waals surface area contributed by atoms with Gasteiger partial charge < -0.3 is 24.1 Å². The molecular formula is C16H19FN5O3P. The zero-order chi connectivity index (χ0) is 18.4. The lowest BCUT2D eigenvalue weighted by Gasteiger charge is -2.15. The number of benzene rings is 1. The van der Waals surface area contributed by atoms with E-state index in [1.165, 1.54) is 0 Å². The maximum absolute atomic E-state index is 13.4. The summed E-state index contributed by atoms with van der Waals surface area (Å²) in [5, 5.41) is 0. The van der Waals surface area contributed by atoms with E-state index in [2.05, 4.69) is 15.0 Å². The summed E-state index contributed by atoms with van der Waals surface area (Å²) >= 11 is 0. The summed E-state index contributed by atoms with van der Waals surface area (Å²) in [6, 6.07) is 9.43. The number of anilines is 1. The van der Waals surface area contributed by atoms with Crippen LogP contribution in [0.3, 0.4) is 0 Å². The molecule has 2 aromatic heterocycles. The maximum Gasteiger partial charge on any atom is 0.312 e. The van der Waals surface area contributed by atoms with Crippen LogP contribution in [0.1, 0.15) is 6.42 Å². The molecule has 0 aliphatic carbocycles. The fourth-order valence-electron chi connectivity index (χ4n) is 2.35. The number of nitrogens with zero attached hydrogens (tertiary/aromatic N) is 4. The highest BCUT2D eigenvalue weighted by Crippen LogP contribution is 2.22. The van der Waals surface area contributed by atoms with Gasteiger partial charge in [-0.05, 0) is 18.6 Å². The first kappa shape index (κ1) is 18.4. The minimum atomic E-state index is -0.873. The van der Waals surface area contributed by atoms with Crippen molar-refractivity contribution in [1.29, 1.82) is 0 Å². The molecule has 2 unspecified atom stereocenters. The summed E-state index contributed by atoms with van der Waals surface area (Å²) in [6.07, 6.45) is 1.16. The topological polar surface area (TPSA) is 97.3 Å². The second-order valence-electron chi connectivity index (χ2n) is 5.44. The molecule has 0 amide bonds. The van der Waals surface area contributed by atoms with Crippen LogP contribution in [0.2, 0.25) is 0 Å². The van der Waals surface area contributed by atoms with Crippen LogP contribution in [0.5, 0.6) is 5.75 Å². The van der Waals surface area contributed by atoms with Crippen molar-refractivity contribution in [1.82, 2.24) is 19.5 Å². The van der Waals surface area contributed by atoms with E-state index in [1.54, 1.807) is 18.0 Å². The van der Waals surface area contributed by atoms with Crippen molar-refractivity contribution in [3.63, 3.8) is 0 Å². The van der Waals surface area contributed by atoms with Crippen LogP contribution < -0.4 is 10.3 Å². The summed E-state index contributed by atoms with van der Waals surface area (Å²) in [4.78, 5) is 11.4. The molecule has 26 heavy (non-hydrogen) atoms. The summed E-state index contributed by atoms with van der Waals surface area (Å²) < 4.78 is 31.5. The lowest BCUT2D eigenvalue weighted by atomic mass is 10.2. The Labute approximate surface area is 151 Å². The number of methoxy groups -OCH3 is 1. The summed E-state index contributed by atoms with van der Waals surface area (Å²) in [5.41, 5.74) is 6.40. The number of ether oxygens (including phenoxy) is 1. The fourth-order valence-corrected chi connectivity index (χ4v) is 2.89. The SMILES string of the molecule is COC(CCn1cnc2c(N)nc(F)nc21)COPOc1ccccc1. The van der Waals surface area contributed by atoms with Gasteiger partial charge in [0.15, 0.2) is 11.5 Å². The summed E-state index contributed by atoms with van der Waals surface area (Å²) in [7, 11) is 1.49. The van der Waals surface area contributed by atoms with E-state index < -0.39 is 6.08 Å². The Bertz CT molecular complexity index is 849. The molecule has 0 spiro atoms. The van der Waals surface area contributed by atoms with Crippen molar-refractivity contribution in [2.75, 3.05) is 19.5 Å². The molecule has 0 saturated carbocycles. The highest BCUT2D eigenvalue weighted by Gasteiger charge is 2.13. The van der Waals surface area contributed by atoms with Crippen molar-refractivity contribution >= 4 is 26.0 Å². The van der Waals surface area contributed by atoms with Crippen LogP contribution in [-0.2, 0) is 15.8 Å². The Kier molecular flexibility index (Phi) is 6.27. The number of aryl methyl sites for hydroxylation is 1. The van der Waals surface area contributed by atoms with Crippen LogP contribution in [0.25, 0.3) is 11.2 Å². The standard InChI is InChI=1S/C16H19FN5O3P/c1-23-12(9-24-26-25-11-5-3-2-4-6-11)7-8-22-10-19-13-14(18)20-16(17)21-15(13)22/h2-6,10,12,26H,7-9H2,1H3,(H2,18,20,21). The van der Waals surface area contributed by atoms with Crippen molar-refractivity contribution in [3.8, 4) is 5.75 Å². The molecule has 0 aliphatic rings. The average molecular weight is 379 g/mol. The second-order valence-corrected chi connectivity index (χ2v) is 6.10. The molecule has 3 aromatic rings. The third-order valence-electron chi connectivity index (χ3n) is 3.72. The number of aromatic nitrogens is 4. The number of hydrogen-bond donors (Lipinski definition) is 1. The van der Waals surface area contributed by atoms with Crippen molar-refractivity contribution in [3.05, 3.63) is 42.7 Å². The lowest BCUT2D eigenvalue weighted by molar-refractivity contribution is 0.0519. The van der Waals surface area contributed by atoms with E-state index in [0.717, 1.165) is 5.75 Å². The fraction of sp³-hybridized carbons (Fsp3) is 0.312. The van der Waals surface area contributed by atoms with Crippen molar-refractivity contribution in [2.24, 2.45) is 0 Å². The van der Waals surface area contributed by atoms with Gasteiger partial charge >= 0.3 is 6.08 Å². The van der Waals surface area contributed by atoms with E-state index in [0.29, 0.717) is 30.7 Å². The molecule has 0 radical (unpaired) electrons. The molecular weight excluding hydrogens is 360 g/mol. The number of para-hydroxylation sites is 1. The highest BCUT2D eigenvalue weighted by molar-refractivity contribution is 7.26. The Balaban J connectivity index is 1.49. The molecule has 2 atom stereocenters. The summed E-state index contributed by atoms with van der Waals surface area (Å²) in [6.45, 7) is 0.900. The first-order valence-electron chi connectivity index (χ1n) is 7.92. The van der Waals surface area contributed by atoms with E-state index in [9.17, 15) is 4.39 Å². The number of hydrogen-bond acceptors (Lipinski definition) is 7. The number of nitrogen functional groups attached to an aromatic ring is 1. The van der Waals surface area contributed by atoms with Crippen LogP contribution >= 0.6 is 9.03 Å². The minimum Gasteiger partial charge on any atom is -0.450 e. The first-order valence-corrected chi connectivity index (χ1v) is 8.74. The van der Waals surface area contributed by atoms with Crippen LogP contribution in [-0.4, -0.2) is 39.3 Å². The van der Waals surface area contributed by atoms with Gasteiger partial charge in [0.2, 0.25) is 9.03 Å². The quantitative estimate of drug-likeness (QED) is 0.347. The Morgan fingerprint density at radius 3 is 2.85 bits per heavy atom. The Morgan fingerprint density at radius 2 is 2.08 bits per heavy atom. The van der Waals surface area contributed by atoms with Gasteiger partial charge in [-0.3, -0.25) is 0 Å². The van der Waals surface area contributed by atoms with Crippen LogP contribution in [0.4, 0.5) is 10.2 Å². The van der Waals surface area contributed by atoms with Crippen molar-refractivity contribution < 1.29 is 18.2 Å². The molecule has 3 rings (SSSR count). The molecule has 2 heterocycles. The number of fused-ring (bicyclic) bond motifs is 1. The predicted octanol–water partition coefficient (Wildman–Crippen LogP) is 2.56. The van der Waals surface area contributed by atoms with Gasteiger partial charge in [0, 0.05) is 13.7 Å². The Morgan fingerprint density at radius 1 is 1.27 bits per heavy atom. The smallest absolute Gasteiger partial charge is 0.312 e. The van der Waals surface area contributed by atoms with Gasteiger partial charge in [0.25, 0.3) is 0 Å². The van der Waals surface area contributed by atoms with E-state index in [4.69, 9.17) is 19.5 Å². The highest BCUT2D eigenvalue weighted by atomic mass is 31.1. The van der Waals surface area contributed by atoms with E-state index in [-0.39, 0.29) is 21.0 Å². The van der Waals surface area contributed by atoms with Gasteiger partial charge in [-0.1, -0.05) is 18.2 Å². The van der Waals surface area contributed by atoms with Gasteiger partial charge in [-0.15, -0.1) is 0 Å². The average Bonchev–Trinajstić information content (AvgIpc) is 3.05.